The zero-order valence-corrected chi connectivity index (χ0v) is 9.02. The summed E-state index contributed by atoms with van der Waals surface area (Å²) >= 11 is 4.37. The van der Waals surface area contributed by atoms with Gasteiger partial charge in [0.15, 0.2) is 0 Å². The highest BCUT2D eigenvalue weighted by atomic mass is 32.1. The van der Waals surface area contributed by atoms with Gasteiger partial charge in [0.2, 0.25) is 0 Å². The van der Waals surface area contributed by atoms with Crippen LogP contribution in [0.1, 0.15) is 32.6 Å². The van der Waals surface area contributed by atoms with Gasteiger partial charge in [0.05, 0.1) is 0 Å². The molecule has 1 atom stereocenters. The van der Waals surface area contributed by atoms with Crippen molar-refractivity contribution in [2.45, 2.75) is 32.6 Å². The fraction of sp³-hybridized carbons (Fsp3) is 1.00. The Hall–Kier alpha value is 0.310. The van der Waals surface area contributed by atoms with Crippen molar-refractivity contribution < 1.29 is 0 Å². The topological polar surface area (TPSA) is 3.24 Å². The second kappa shape index (κ2) is 5.87. The van der Waals surface area contributed by atoms with Crippen LogP contribution in [-0.4, -0.2) is 30.3 Å². The Balaban J connectivity index is 2.18. The minimum absolute atomic E-state index is 0.812. The van der Waals surface area contributed by atoms with Crippen molar-refractivity contribution in [3.05, 3.63) is 0 Å². The lowest BCUT2D eigenvalue weighted by molar-refractivity contribution is 0.200. The molecule has 0 aromatic heterocycles. The number of hydrogen-bond acceptors (Lipinski definition) is 2. The SMILES string of the molecule is CCC(CS)CN1CCCCC1. The number of piperidine rings is 1. The minimum Gasteiger partial charge on any atom is -0.303 e. The standard InChI is InChI=1S/C10H21NS/c1-2-10(9-12)8-11-6-4-3-5-7-11/h10,12H,2-9H2,1H3. The summed E-state index contributed by atoms with van der Waals surface area (Å²) in [6.07, 6.45) is 5.53. The Kier molecular flexibility index (Phi) is 5.08. The first-order valence-electron chi connectivity index (χ1n) is 5.20. The molecule has 0 amide bonds. The van der Waals surface area contributed by atoms with E-state index in [2.05, 4.69) is 24.5 Å². The van der Waals surface area contributed by atoms with Gasteiger partial charge < -0.3 is 4.90 Å². The highest BCUT2D eigenvalue weighted by molar-refractivity contribution is 7.80. The van der Waals surface area contributed by atoms with Crippen molar-refractivity contribution in [3.63, 3.8) is 0 Å². The Labute approximate surface area is 81.9 Å². The van der Waals surface area contributed by atoms with E-state index in [1.165, 1.54) is 45.3 Å². The predicted molar refractivity (Wildman–Crippen MR) is 57.9 cm³/mol. The lowest BCUT2D eigenvalue weighted by Gasteiger charge is -2.29. The van der Waals surface area contributed by atoms with E-state index in [0.29, 0.717) is 0 Å². The highest BCUT2D eigenvalue weighted by Gasteiger charge is 2.13. The summed E-state index contributed by atoms with van der Waals surface area (Å²) in [5, 5.41) is 0. The van der Waals surface area contributed by atoms with Crippen molar-refractivity contribution in [2.24, 2.45) is 5.92 Å². The maximum absolute atomic E-state index is 4.37. The van der Waals surface area contributed by atoms with Crippen molar-refractivity contribution in [1.82, 2.24) is 4.90 Å². The second-order valence-corrected chi connectivity index (χ2v) is 4.18. The Bertz CT molecular complexity index is 106. The quantitative estimate of drug-likeness (QED) is 0.662. The molecule has 1 aliphatic heterocycles. The highest BCUT2D eigenvalue weighted by Crippen LogP contribution is 2.13. The molecular weight excluding hydrogens is 166 g/mol. The van der Waals surface area contributed by atoms with Gasteiger partial charge in [-0.25, -0.2) is 0 Å². The smallest absolute Gasteiger partial charge is 0.00174 e. The molecule has 0 aromatic carbocycles. The molecule has 0 bridgehead atoms. The largest absolute Gasteiger partial charge is 0.303 e. The molecule has 1 nitrogen and oxygen atoms in total. The van der Waals surface area contributed by atoms with E-state index in [4.69, 9.17) is 0 Å². The van der Waals surface area contributed by atoms with E-state index in [1.807, 2.05) is 0 Å². The van der Waals surface area contributed by atoms with E-state index < -0.39 is 0 Å². The third-order valence-electron chi connectivity index (χ3n) is 2.80. The van der Waals surface area contributed by atoms with Gasteiger partial charge in [-0.3, -0.25) is 0 Å². The molecule has 2 heteroatoms. The van der Waals surface area contributed by atoms with Crippen LogP contribution in [0.25, 0.3) is 0 Å². The fourth-order valence-corrected chi connectivity index (χ4v) is 2.20. The number of rotatable bonds is 4. The van der Waals surface area contributed by atoms with Gasteiger partial charge in [0.1, 0.15) is 0 Å². The summed E-state index contributed by atoms with van der Waals surface area (Å²) in [6, 6.07) is 0. The Morgan fingerprint density at radius 3 is 2.42 bits per heavy atom. The Morgan fingerprint density at radius 1 is 1.25 bits per heavy atom. The zero-order chi connectivity index (χ0) is 8.81. The summed E-state index contributed by atoms with van der Waals surface area (Å²) in [7, 11) is 0. The van der Waals surface area contributed by atoms with Gasteiger partial charge in [0.25, 0.3) is 0 Å². The first kappa shape index (κ1) is 10.4. The molecule has 1 rings (SSSR count). The van der Waals surface area contributed by atoms with E-state index in [0.717, 1.165) is 11.7 Å². The molecule has 0 radical (unpaired) electrons. The lowest BCUT2D eigenvalue weighted by Crippen LogP contribution is -2.34. The molecule has 0 saturated carbocycles. The molecule has 1 heterocycles. The summed E-state index contributed by atoms with van der Waals surface area (Å²) in [6.45, 7) is 6.19. The maximum Gasteiger partial charge on any atom is 0.00174 e. The lowest BCUT2D eigenvalue weighted by atomic mass is 10.1. The third kappa shape index (κ3) is 3.36. The minimum atomic E-state index is 0.812. The van der Waals surface area contributed by atoms with Gasteiger partial charge in [-0.05, 0) is 37.6 Å². The van der Waals surface area contributed by atoms with Crippen molar-refractivity contribution in [3.8, 4) is 0 Å². The molecular formula is C10H21NS. The predicted octanol–water partition coefficient (Wildman–Crippen LogP) is 2.43. The van der Waals surface area contributed by atoms with Crippen LogP contribution < -0.4 is 0 Å². The van der Waals surface area contributed by atoms with Crippen LogP contribution in [-0.2, 0) is 0 Å². The average Bonchev–Trinajstić information content (AvgIpc) is 2.16. The van der Waals surface area contributed by atoms with E-state index >= 15 is 0 Å². The van der Waals surface area contributed by atoms with Gasteiger partial charge in [-0.2, -0.15) is 12.6 Å². The molecule has 0 aromatic rings. The zero-order valence-electron chi connectivity index (χ0n) is 8.13. The van der Waals surface area contributed by atoms with E-state index in [-0.39, 0.29) is 0 Å². The monoisotopic (exact) mass is 187 g/mol. The van der Waals surface area contributed by atoms with Crippen LogP contribution >= 0.6 is 12.6 Å². The molecule has 0 N–H and O–H groups in total. The molecule has 1 aliphatic rings. The molecule has 0 aliphatic carbocycles. The molecule has 1 fully saturated rings. The molecule has 1 unspecified atom stereocenters. The van der Waals surface area contributed by atoms with Crippen LogP contribution in [0, 0.1) is 5.92 Å². The van der Waals surface area contributed by atoms with Crippen molar-refractivity contribution in [1.29, 1.82) is 0 Å². The van der Waals surface area contributed by atoms with Crippen LogP contribution in [0.2, 0.25) is 0 Å². The molecule has 1 saturated heterocycles. The Morgan fingerprint density at radius 2 is 1.92 bits per heavy atom. The van der Waals surface area contributed by atoms with Gasteiger partial charge in [0, 0.05) is 6.54 Å². The van der Waals surface area contributed by atoms with Gasteiger partial charge in [-0.15, -0.1) is 0 Å². The third-order valence-corrected chi connectivity index (χ3v) is 3.32. The summed E-state index contributed by atoms with van der Waals surface area (Å²) < 4.78 is 0. The number of likely N-dealkylation sites (tertiary alicyclic amines) is 1. The van der Waals surface area contributed by atoms with E-state index in [1.54, 1.807) is 0 Å². The first-order chi connectivity index (χ1) is 5.86. The molecule has 12 heavy (non-hydrogen) atoms. The van der Waals surface area contributed by atoms with Crippen molar-refractivity contribution >= 4 is 12.6 Å². The summed E-state index contributed by atoms with van der Waals surface area (Å²) in [5.41, 5.74) is 0. The average molecular weight is 187 g/mol. The van der Waals surface area contributed by atoms with Crippen LogP contribution in [0.3, 0.4) is 0 Å². The number of hydrogen-bond donors (Lipinski definition) is 1. The van der Waals surface area contributed by atoms with Gasteiger partial charge >= 0.3 is 0 Å². The van der Waals surface area contributed by atoms with Crippen LogP contribution in [0.15, 0.2) is 0 Å². The summed E-state index contributed by atoms with van der Waals surface area (Å²) in [5.74, 6) is 1.86. The first-order valence-corrected chi connectivity index (χ1v) is 5.83. The number of nitrogens with zero attached hydrogens (tertiary/aromatic N) is 1. The van der Waals surface area contributed by atoms with Gasteiger partial charge in [-0.1, -0.05) is 19.8 Å². The van der Waals surface area contributed by atoms with Crippen LogP contribution in [0.4, 0.5) is 0 Å². The van der Waals surface area contributed by atoms with Crippen molar-refractivity contribution in [2.75, 3.05) is 25.4 Å². The fourth-order valence-electron chi connectivity index (χ4n) is 1.82. The molecule has 0 spiro atoms. The second-order valence-electron chi connectivity index (χ2n) is 3.82. The van der Waals surface area contributed by atoms with Crippen LogP contribution in [0.5, 0.6) is 0 Å². The maximum atomic E-state index is 4.37. The van der Waals surface area contributed by atoms with E-state index in [9.17, 15) is 0 Å². The normalized spacial score (nSPS) is 22.5. The summed E-state index contributed by atoms with van der Waals surface area (Å²) in [4.78, 5) is 2.61. The molecule has 72 valence electrons. The number of thiol groups is 1.